The number of halogens is 2. The van der Waals surface area contributed by atoms with E-state index in [1.807, 2.05) is 18.2 Å². The van der Waals surface area contributed by atoms with E-state index in [4.69, 9.17) is 27.9 Å². The van der Waals surface area contributed by atoms with Crippen molar-refractivity contribution in [2.24, 2.45) is 0 Å². The number of carbonyl (C=O) groups is 1. The maximum Gasteiger partial charge on any atom is 0.273 e. The molecule has 1 aliphatic rings. The number of ether oxygens (including phenoxy) is 1. The zero-order chi connectivity index (χ0) is 24.9. The number of aromatic amines is 1. The van der Waals surface area contributed by atoms with Gasteiger partial charge in [-0.05, 0) is 53.9 Å². The first-order valence-electron chi connectivity index (χ1n) is 10.8. The molecule has 4 aromatic rings. The van der Waals surface area contributed by atoms with Crippen LogP contribution in [0, 0.1) is 6.92 Å². The fourth-order valence-electron chi connectivity index (χ4n) is 4.44. The summed E-state index contributed by atoms with van der Waals surface area (Å²) in [6, 6.07) is 14.8. The van der Waals surface area contributed by atoms with Gasteiger partial charge >= 0.3 is 0 Å². The van der Waals surface area contributed by atoms with Gasteiger partial charge in [-0.1, -0.05) is 47.5 Å². The molecule has 0 radical (unpaired) electrons. The summed E-state index contributed by atoms with van der Waals surface area (Å²) in [6.45, 7) is 2.02. The second kappa shape index (κ2) is 8.83. The molecule has 9 heteroatoms. The van der Waals surface area contributed by atoms with Gasteiger partial charge in [0.1, 0.15) is 17.1 Å². The van der Waals surface area contributed by atoms with Gasteiger partial charge in [-0.25, -0.2) is 0 Å². The first-order chi connectivity index (χ1) is 16.8. The Labute approximate surface area is 211 Å². The van der Waals surface area contributed by atoms with Gasteiger partial charge in [0, 0.05) is 27.7 Å². The van der Waals surface area contributed by atoms with Gasteiger partial charge in [0.2, 0.25) is 0 Å². The van der Waals surface area contributed by atoms with Crippen molar-refractivity contribution < 1.29 is 19.7 Å². The summed E-state index contributed by atoms with van der Waals surface area (Å²) in [6.07, 6.45) is 0. The number of aromatic hydroxyl groups is 2. The van der Waals surface area contributed by atoms with E-state index in [2.05, 4.69) is 10.2 Å². The van der Waals surface area contributed by atoms with Crippen LogP contribution in [0.5, 0.6) is 17.2 Å². The number of phenolic OH excluding ortho intramolecular Hbond substituents is 2. The lowest BCUT2D eigenvalue weighted by Gasteiger charge is -2.27. The Morgan fingerprint density at radius 1 is 1.06 bits per heavy atom. The number of hydrogen-bond acceptors (Lipinski definition) is 5. The lowest BCUT2D eigenvalue weighted by molar-refractivity contribution is 0.0730. The minimum absolute atomic E-state index is 0.000222. The highest BCUT2D eigenvalue weighted by atomic mass is 35.5. The van der Waals surface area contributed by atoms with Crippen molar-refractivity contribution in [3.8, 4) is 28.5 Å². The molecular weight excluding hydrogens is 489 g/mol. The van der Waals surface area contributed by atoms with Gasteiger partial charge in [0.15, 0.2) is 11.5 Å². The number of nitrogens with one attached hydrogen (secondary N) is 1. The average molecular weight is 510 g/mol. The van der Waals surface area contributed by atoms with Gasteiger partial charge in [-0.3, -0.25) is 9.89 Å². The quantitative estimate of drug-likeness (QED) is 0.313. The van der Waals surface area contributed by atoms with E-state index in [-0.39, 0.29) is 29.7 Å². The molecule has 1 amide bonds. The molecule has 7 nitrogen and oxygen atoms in total. The maximum atomic E-state index is 13.6. The predicted molar refractivity (Wildman–Crippen MR) is 133 cm³/mol. The van der Waals surface area contributed by atoms with Crippen LogP contribution in [0.15, 0.2) is 54.6 Å². The summed E-state index contributed by atoms with van der Waals surface area (Å²) in [5.41, 5.74) is 3.90. The van der Waals surface area contributed by atoms with E-state index in [1.165, 1.54) is 13.2 Å². The Kier molecular flexibility index (Phi) is 5.83. The van der Waals surface area contributed by atoms with Crippen LogP contribution in [0.3, 0.4) is 0 Å². The molecule has 178 valence electrons. The second-order valence-corrected chi connectivity index (χ2v) is 9.15. The largest absolute Gasteiger partial charge is 0.507 e. The molecule has 1 aliphatic heterocycles. The van der Waals surface area contributed by atoms with Gasteiger partial charge in [-0.15, -0.1) is 0 Å². The van der Waals surface area contributed by atoms with Gasteiger partial charge < -0.3 is 19.8 Å². The highest BCUT2D eigenvalue weighted by Gasteiger charge is 2.43. The third kappa shape index (κ3) is 3.87. The number of phenols is 2. The first-order valence-corrected chi connectivity index (χ1v) is 11.5. The van der Waals surface area contributed by atoms with Gasteiger partial charge in [0.05, 0.1) is 13.2 Å². The summed E-state index contributed by atoms with van der Waals surface area (Å²) < 4.78 is 5.32. The monoisotopic (exact) mass is 509 g/mol. The van der Waals surface area contributed by atoms with Crippen molar-refractivity contribution >= 4 is 29.1 Å². The van der Waals surface area contributed by atoms with Crippen LogP contribution >= 0.6 is 23.2 Å². The highest BCUT2D eigenvalue weighted by Crippen LogP contribution is 2.47. The molecule has 1 aromatic heterocycles. The summed E-state index contributed by atoms with van der Waals surface area (Å²) in [4.78, 5) is 15.3. The molecule has 0 unspecified atom stereocenters. The fourth-order valence-corrected chi connectivity index (χ4v) is 4.80. The Hall–Kier alpha value is -3.68. The molecule has 5 rings (SSSR count). The van der Waals surface area contributed by atoms with E-state index in [0.717, 1.165) is 11.1 Å². The Morgan fingerprint density at radius 3 is 2.57 bits per heavy atom. The zero-order valence-corrected chi connectivity index (χ0v) is 20.4. The Bertz CT molecular complexity index is 1470. The van der Waals surface area contributed by atoms with Crippen LogP contribution < -0.4 is 4.74 Å². The van der Waals surface area contributed by atoms with Crippen molar-refractivity contribution in [1.29, 1.82) is 0 Å². The van der Waals surface area contributed by atoms with Gasteiger partial charge in [-0.2, -0.15) is 5.10 Å². The van der Waals surface area contributed by atoms with E-state index < -0.39 is 6.04 Å². The molecule has 3 N–H and O–H groups in total. The molecule has 2 heterocycles. The number of benzene rings is 3. The topological polar surface area (TPSA) is 98.7 Å². The summed E-state index contributed by atoms with van der Waals surface area (Å²) in [7, 11) is 1.46. The first kappa shape index (κ1) is 23.1. The summed E-state index contributed by atoms with van der Waals surface area (Å²) in [5, 5.41) is 29.1. The molecule has 35 heavy (non-hydrogen) atoms. The van der Waals surface area contributed by atoms with Crippen molar-refractivity contribution in [2.75, 3.05) is 7.11 Å². The van der Waals surface area contributed by atoms with Crippen LogP contribution in [-0.4, -0.2) is 38.3 Å². The number of rotatable bonds is 5. The van der Waals surface area contributed by atoms with Crippen LogP contribution in [0.1, 0.15) is 38.8 Å². The molecule has 0 spiro atoms. The number of carbonyl (C=O) groups excluding carboxylic acids is 1. The molecule has 0 fully saturated rings. The second-order valence-electron chi connectivity index (χ2n) is 8.34. The molecule has 0 saturated heterocycles. The molecular formula is C26H21Cl2N3O4. The molecule has 0 bridgehead atoms. The van der Waals surface area contributed by atoms with Crippen molar-refractivity contribution in [3.05, 3.63) is 92.6 Å². The maximum absolute atomic E-state index is 13.6. The van der Waals surface area contributed by atoms with Crippen LogP contribution in [0.2, 0.25) is 10.0 Å². The summed E-state index contributed by atoms with van der Waals surface area (Å²) in [5.74, 6) is -0.0187. The number of amides is 1. The lowest BCUT2D eigenvalue weighted by Crippen LogP contribution is -2.29. The smallest absolute Gasteiger partial charge is 0.273 e. The minimum Gasteiger partial charge on any atom is -0.507 e. The Morgan fingerprint density at radius 2 is 1.83 bits per heavy atom. The van der Waals surface area contributed by atoms with Crippen molar-refractivity contribution in [2.45, 2.75) is 19.5 Å². The molecule has 0 aliphatic carbocycles. The number of aryl methyl sites for hydroxylation is 1. The van der Waals surface area contributed by atoms with Crippen molar-refractivity contribution in [1.82, 2.24) is 15.1 Å². The van der Waals surface area contributed by atoms with E-state index in [1.54, 1.807) is 42.2 Å². The third-order valence-corrected chi connectivity index (χ3v) is 6.99. The third-order valence-electron chi connectivity index (χ3n) is 6.21. The standard InChI is InChI=1S/C26H21Cl2N3O4/c1-13-9-20(33)16(11-18(13)28)23-22-24(30-29-23)26(34)31(12-15-5-3-4-6-17(15)27)25(22)14-7-8-19(32)21(10-14)35-2/h3-11,25,32-33H,12H2,1-2H3,(H,29,30)/t25-/m1/s1. The molecule has 0 saturated carbocycles. The van der Waals surface area contributed by atoms with Gasteiger partial charge in [0.25, 0.3) is 5.91 Å². The van der Waals surface area contributed by atoms with Crippen LogP contribution in [0.4, 0.5) is 0 Å². The molecule has 1 atom stereocenters. The average Bonchev–Trinajstić information content (AvgIpc) is 3.37. The number of methoxy groups -OCH3 is 1. The number of aromatic nitrogens is 2. The van der Waals surface area contributed by atoms with Crippen LogP contribution in [0.25, 0.3) is 11.3 Å². The zero-order valence-electron chi connectivity index (χ0n) is 18.8. The van der Waals surface area contributed by atoms with Crippen LogP contribution in [-0.2, 0) is 6.54 Å². The Balaban J connectivity index is 1.71. The number of nitrogens with zero attached hydrogens (tertiary/aromatic N) is 2. The van der Waals surface area contributed by atoms with E-state index in [0.29, 0.717) is 38.1 Å². The van der Waals surface area contributed by atoms with E-state index >= 15 is 0 Å². The number of H-pyrrole nitrogens is 1. The number of hydrogen-bond donors (Lipinski definition) is 3. The lowest BCUT2D eigenvalue weighted by atomic mass is 9.94. The van der Waals surface area contributed by atoms with E-state index in [9.17, 15) is 15.0 Å². The highest BCUT2D eigenvalue weighted by molar-refractivity contribution is 6.32. The fraction of sp³-hybridized carbons (Fsp3) is 0.154. The predicted octanol–water partition coefficient (Wildman–Crippen LogP) is 5.86. The minimum atomic E-state index is -0.600. The normalized spacial score (nSPS) is 14.9. The number of fused-ring (bicyclic) bond motifs is 1. The summed E-state index contributed by atoms with van der Waals surface area (Å²) >= 11 is 12.8. The van der Waals surface area contributed by atoms with Crippen molar-refractivity contribution in [3.63, 3.8) is 0 Å². The SMILES string of the molecule is COc1cc([C@@H]2c3c(-c4cc(Cl)c(C)cc4O)n[nH]c3C(=O)N2Cc2ccccc2Cl)ccc1O. The molecule has 3 aromatic carbocycles.